The first-order valence-corrected chi connectivity index (χ1v) is 7.59. The van der Waals surface area contributed by atoms with E-state index >= 15 is 0 Å². The maximum Gasteiger partial charge on any atom is 0.338 e. The number of rotatable bonds is 4. The van der Waals surface area contributed by atoms with Gasteiger partial charge in [-0.3, -0.25) is 0 Å². The van der Waals surface area contributed by atoms with E-state index in [1.54, 1.807) is 12.1 Å². The van der Waals surface area contributed by atoms with Crippen LogP contribution in [0.3, 0.4) is 0 Å². The Hall–Kier alpha value is -1.09. The summed E-state index contributed by atoms with van der Waals surface area (Å²) in [5.74, 6) is 0.438. The maximum atomic E-state index is 12.1. The van der Waals surface area contributed by atoms with Crippen molar-refractivity contribution in [2.45, 2.75) is 51.9 Å². The molecule has 1 heterocycles. The van der Waals surface area contributed by atoms with Crippen LogP contribution >= 0.6 is 11.6 Å². The molecule has 1 fully saturated rings. The highest BCUT2D eigenvalue weighted by atomic mass is 35.5. The van der Waals surface area contributed by atoms with Crippen molar-refractivity contribution in [1.29, 1.82) is 0 Å². The van der Waals surface area contributed by atoms with Crippen molar-refractivity contribution in [2.24, 2.45) is 5.92 Å². The molecule has 3 nitrogen and oxygen atoms in total. The lowest BCUT2D eigenvalue weighted by Crippen LogP contribution is -2.17. The van der Waals surface area contributed by atoms with Crippen LogP contribution in [0.1, 0.15) is 62.5 Å². The lowest BCUT2D eigenvalue weighted by atomic mass is 9.83. The van der Waals surface area contributed by atoms with Crippen LogP contribution < -0.4 is 0 Å². The first-order valence-electron chi connectivity index (χ1n) is 7.21. The zero-order valence-corrected chi connectivity index (χ0v) is 13.2. The normalized spacial score (nSPS) is 15.8. The van der Waals surface area contributed by atoms with E-state index in [-0.39, 0.29) is 11.4 Å². The molecule has 0 aromatic carbocycles. The largest absolute Gasteiger partial charge is 0.462 e. The van der Waals surface area contributed by atoms with E-state index in [2.05, 4.69) is 4.98 Å². The summed E-state index contributed by atoms with van der Waals surface area (Å²) < 4.78 is 5.33. The summed E-state index contributed by atoms with van der Waals surface area (Å²) in [7, 11) is 0. The summed E-state index contributed by atoms with van der Waals surface area (Å²) in [5, 5.41) is 0.336. The molecule has 4 heteroatoms. The first-order chi connectivity index (χ1) is 9.36. The molecule has 0 bridgehead atoms. The molecule has 20 heavy (non-hydrogen) atoms. The van der Waals surface area contributed by atoms with Gasteiger partial charge in [-0.1, -0.05) is 51.6 Å². The molecule has 0 N–H and O–H groups in total. The van der Waals surface area contributed by atoms with Crippen molar-refractivity contribution in [1.82, 2.24) is 4.98 Å². The lowest BCUT2D eigenvalue weighted by molar-refractivity contribution is 0.0464. The fourth-order valence-electron chi connectivity index (χ4n) is 2.18. The Morgan fingerprint density at radius 3 is 2.65 bits per heavy atom. The number of carbonyl (C=O) groups excluding carboxylic acids is 1. The number of esters is 1. The molecule has 0 atom stereocenters. The van der Waals surface area contributed by atoms with Gasteiger partial charge in [0.05, 0.1) is 12.2 Å². The van der Waals surface area contributed by atoms with Gasteiger partial charge in [0.2, 0.25) is 0 Å². The molecule has 0 aliphatic heterocycles. The molecule has 1 saturated carbocycles. The van der Waals surface area contributed by atoms with E-state index in [1.165, 1.54) is 19.3 Å². The van der Waals surface area contributed by atoms with Crippen molar-refractivity contribution >= 4 is 17.6 Å². The number of ether oxygens (including phenoxy) is 1. The van der Waals surface area contributed by atoms with E-state index in [0.29, 0.717) is 17.3 Å². The van der Waals surface area contributed by atoms with Gasteiger partial charge in [-0.25, -0.2) is 9.78 Å². The van der Waals surface area contributed by atoms with Crippen molar-refractivity contribution in [3.63, 3.8) is 0 Å². The van der Waals surface area contributed by atoms with E-state index in [0.717, 1.165) is 18.0 Å². The average molecular weight is 296 g/mol. The van der Waals surface area contributed by atoms with E-state index in [9.17, 15) is 4.79 Å². The first kappa shape index (κ1) is 15.3. The highest BCUT2D eigenvalue weighted by Gasteiger charge is 2.21. The summed E-state index contributed by atoms with van der Waals surface area (Å²) in [6.45, 7) is 6.61. The van der Waals surface area contributed by atoms with Crippen LogP contribution in [0.2, 0.25) is 5.15 Å². The fourth-order valence-corrected chi connectivity index (χ4v) is 2.39. The van der Waals surface area contributed by atoms with Crippen molar-refractivity contribution in [3.05, 3.63) is 28.5 Å². The predicted octanol–water partition coefficient (Wildman–Crippen LogP) is 4.38. The summed E-state index contributed by atoms with van der Waals surface area (Å²) in [4.78, 5) is 16.3. The Morgan fingerprint density at radius 1 is 1.40 bits per heavy atom. The second-order valence-corrected chi connectivity index (χ2v) is 6.92. The van der Waals surface area contributed by atoms with Gasteiger partial charge in [0, 0.05) is 11.1 Å². The third-order valence-electron chi connectivity index (χ3n) is 3.78. The highest BCUT2D eigenvalue weighted by Crippen LogP contribution is 2.29. The molecule has 2 rings (SSSR count). The van der Waals surface area contributed by atoms with Gasteiger partial charge >= 0.3 is 5.97 Å². The minimum Gasteiger partial charge on any atom is -0.462 e. The minimum absolute atomic E-state index is 0.147. The van der Waals surface area contributed by atoms with Crippen molar-refractivity contribution < 1.29 is 9.53 Å². The van der Waals surface area contributed by atoms with Crippen LogP contribution in [0.25, 0.3) is 0 Å². The molecule has 1 aromatic rings. The zero-order valence-electron chi connectivity index (χ0n) is 12.4. The summed E-state index contributed by atoms with van der Waals surface area (Å²) in [6.07, 6.45) is 4.82. The Morgan fingerprint density at radius 2 is 2.10 bits per heavy atom. The highest BCUT2D eigenvalue weighted by molar-refractivity contribution is 6.29. The second kappa shape index (κ2) is 6.13. The van der Waals surface area contributed by atoms with Crippen LogP contribution in [-0.2, 0) is 10.2 Å². The standard InChI is InChI=1S/C16H22ClNO2/c1-16(2,3)13-9-12(10-14(17)18-13)15(19)20-8-7-11-5-4-6-11/h9-11H,4-8H2,1-3H3. The van der Waals surface area contributed by atoms with E-state index in [4.69, 9.17) is 16.3 Å². The van der Waals surface area contributed by atoms with Gasteiger partial charge in [0.25, 0.3) is 0 Å². The number of carbonyl (C=O) groups is 1. The fraction of sp³-hybridized carbons (Fsp3) is 0.625. The van der Waals surface area contributed by atoms with Crippen LogP contribution in [0.15, 0.2) is 12.1 Å². The zero-order chi connectivity index (χ0) is 14.8. The Kier molecular flexibility index (Phi) is 4.69. The monoisotopic (exact) mass is 295 g/mol. The van der Waals surface area contributed by atoms with Crippen molar-refractivity contribution in [2.75, 3.05) is 6.61 Å². The Labute approximate surface area is 125 Å². The van der Waals surface area contributed by atoms with Gasteiger partial charge in [0.15, 0.2) is 0 Å². The smallest absolute Gasteiger partial charge is 0.338 e. The van der Waals surface area contributed by atoms with Crippen LogP contribution in [0, 0.1) is 5.92 Å². The number of aromatic nitrogens is 1. The molecule has 0 radical (unpaired) electrons. The van der Waals surface area contributed by atoms with E-state index in [1.807, 2.05) is 20.8 Å². The third kappa shape index (κ3) is 3.95. The van der Waals surface area contributed by atoms with Crippen molar-refractivity contribution in [3.8, 4) is 0 Å². The molecule has 0 spiro atoms. The lowest BCUT2D eigenvalue weighted by Gasteiger charge is -2.24. The molecule has 1 aliphatic rings. The quantitative estimate of drug-likeness (QED) is 0.611. The molecule has 0 saturated heterocycles. The summed E-state index contributed by atoms with van der Waals surface area (Å²) >= 11 is 6.00. The Bertz CT molecular complexity index is 490. The maximum absolute atomic E-state index is 12.1. The molecule has 110 valence electrons. The van der Waals surface area contributed by atoms with Gasteiger partial charge in [-0.2, -0.15) is 0 Å². The van der Waals surface area contributed by atoms with Crippen LogP contribution in [-0.4, -0.2) is 17.6 Å². The van der Waals surface area contributed by atoms with Gasteiger partial charge in [0.1, 0.15) is 5.15 Å². The third-order valence-corrected chi connectivity index (χ3v) is 3.98. The minimum atomic E-state index is -0.306. The average Bonchev–Trinajstić information content (AvgIpc) is 2.30. The number of nitrogens with zero attached hydrogens (tertiary/aromatic N) is 1. The molecular weight excluding hydrogens is 274 g/mol. The SMILES string of the molecule is CC(C)(C)c1cc(C(=O)OCCC2CCC2)cc(Cl)n1. The molecule has 0 amide bonds. The van der Waals surface area contributed by atoms with E-state index < -0.39 is 0 Å². The van der Waals surface area contributed by atoms with Crippen LogP contribution in [0.4, 0.5) is 0 Å². The second-order valence-electron chi connectivity index (χ2n) is 6.54. The predicted molar refractivity (Wildman–Crippen MR) is 80.2 cm³/mol. The summed E-state index contributed by atoms with van der Waals surface area (Å²) in [5.41, 5.74) is 1.14. The van der Waals surface area contributed by atoms with Gasteiger partial charge in [-0.05, 0) is 24.5 Å². The topological polar surface area (TPSA) is 39.2 Å². The van der Waals surface area contributed by atoms with Gasteiger partial charge in [-0.15, -0.1) is 0 Å². The van der Waals surface area contributed by atoms with Gasteiger partial charge < -0.3 is 4.74 Å². The molecular formula is C16H22ClNO2. The Balaban J connectivity index is 1.99. The molecule has 0 unspecified atom stereocenters. The molecule has 1 aliphatic carbocycles. The molecule has 1 aromatic heterocycles. The number of hydrogen-bond acceptors (Lipinski definition) is 3. The van der Waals surface area contributed by atoms with Crippen LogP contribution in [0.5, 0.6) is 0 Å². The summed E-state index contributed by atoms with van der Waals surface area (Å²) in [6, 6.07) is 3.35. The number of halogens is 1. The number of pyridine rings is 1. The number of hydrogen-bond donors (Lipinski definition) is 0.